The summed E-state index contributed by atoms with van der Waals surface area (Å²) in [6.45, 7) is 0. The van der Waals surface area contributed by atoms with E-state index in [1.165, 1.54) is 12.5 Å². The average molecular weight is 333 g/mol. The lowest BCUT2D eigenvalue weighted by molar-refractivity contribution is -0.139. The zero-order valence-corrected chi connectivity index (χ0v) is 11.7. The first-order valence-corrected chi connectivity index (χ1v) is 6.82. The number of aromatic nitrogens is 2. The molecule has 0 aliphatic carbocycles. The topological polar surface area (TPSA) is 95.1 Å². The van der Waals surface area contributed by atoms with Crippen LogP contribution in [0.15, 0.2) is 24.0 Å². The Hall–Kier alpha value is -2.36. The van der Waals surface area contributed by atoms with Crippen molar-refractivity contribution in [3.8, 4) is 0 Å². The van der Waals surface area contributed by atoms with Crippen LogP contribution in [0, 0.1) is 0 Å². The minimum atomic E-state index is -4.54. The highest BCUT2D eigenvalue weighted by molar-refractivity contribution is 7.12. The molecular formula is C12H10F3N3O3S. The van der Waals surface area contributed by atoms with Crippen molar-refractivity contribution in [1.29, 1.82) is 0 Å². The van der Waals surface area contributed by atoms with Gasteiger partial charge in [-0.2, -0.15) is 13.2 Å². The van der Waals surface area contributed by atoms with E-state index in [0.717, 1.165) is 5.38 Å². The predicted molar refractivity (Wildman–Crippen MR) is 70.5 cm³/mol. The summed E-state index contributed by atoms with van der Waals surface area (Å²) in [7, 11) is 0. The molecule has 0 aliphatic heterocycles. The molecule has 10 heteroatoms. The van der Waals surface area contributed by atoms with Gasteiger partial charge in [-0.15, -0.1) is 11.3 Å². The van der Waals surface area contributed by atoms with Gasteiger partial charge in [0.1, 0.15) is 6.04 Å². The number of carboxylic acids is 1. The number of rotatable bonds is 5. The molecule has 2 heterocycles. The molecule has 0 aliphatic rings. The van der Waals surface area contributed by atoms with Crippen molar-refractivity contribution in [3.63, 3.8) is 0 Å². The third-order valence-electron chi connectivity index (χ3n) is 2.73. The number of aliphatic carboxylic acids is 1. The van der Waals surface area contributed by atoms with Crippen molar-refractivity contribution >= 4 is 23.2 Å². The Kier molecular flexibility index (Phi) is 4.50. The number of alkyl halides is 3. The van der Waals surface area contributed by atoms with Crippen molar-refractivity contribution in [2.45, 2.75) is 18.6 Å². The van der Waals surface area contributed by atoms with E-state index in [-0.39, 0.29) is 11.3 Å². The molecule has 22 heavy (non-hydrogen) atoms. The summed E-state index contributed by atoms with van der Waals surface area (Å²) >= 11 is 0.601. The highest BCUT2D eigenvalue weighted by Gasteiger charge is 2.33. The van der Waals surface area contributed by atoms with Gasteiger partial charge >= 0.3 is 12.1 Å². The zero-order valence-electron chi connectivity index (χ0n) is 10.8. The second kappa shape index (κ2) is 6.18. The molecule has 0 radical (unpaired) electrons. The van der Waals surface area contributed by atoms with Crippen molar-refractivity contribution in [1.82, 2.24) is 15.3 Å². The maximum Gasteiger partial charge on any atom is 0.417 e. The van der Waals surface area contributed by atoms with Gasteiger partial charge in [0.05, 0.1) is 16.8 Å². The molecule has 2 aromatic rings. The predicted octanol–water partition coefficient (Wildman–Crippen LogP) is 1.92. The number of halogens is 3. The number of hydrogen-bond acceptors (Lipinski definition) is 4. The summed E-state index contributed by atoms with van der Waals surface area (Å²) in [6.07, 6.45) is -1.85. The third-order valence-corrected chi connectivity index (χ3v) is 3.66. The van der Waals surface area contributed by atoms with Gasteiger partial charge in [0.15, 0.2) is 0 Å². The first-order chi connectivity index (χ1) is 10.3. The summed E-state index contributed by atoms with van der Waals surface area (Å²) in [6, 6.07) is -0.584. The molecule has 0 aromatic carbocycles. The van der Waals surface area contributed by atoms with Crippen molar-refractivity contribution < 1.29 is 27.9 Å². The standard InChI is InChI=1S/C12H10F3N3O3S/c13-12(14,15)6-1-9(22-4-6)10(19)18-8(11(20)21)2-7-3-16-5-17-7/h1,3-5,8H,2H2,(H,16,17)(H,18,19)(H,20,21)/t8-/m1/s1. The van der Waals surface area contributed by atoms with Crippen LogP contribution in [0.25, 0.3) is 0 Å². The highest BCUT2D eigenvalue weighted by Crippen LogP contribution is 2.32. The number of H-pyrrole nitrogens is 1. The minimum Gasteiger partial charge on any atom is -0.480 e. The number of imidazole rings is 1. The summed E-state index contributed by atoms with van der Waals surface area (Å²) < 4.78 is 37.4. The van der Waals surface area contributed by atoms with Gasteiger partial charge in [0.2, 0.25) is 0 Å². The SMILES string of the molecule is O=C(N[C@H](Cc1cnc[nH]1)C(=O)O)c1cc(C(F)(F)F)cs1. The van der Waals surface area contributed by atoms with E-state index in [4.69, 9.17) is 5.11 Å². The average Bonchev–Trinajstić information content (AvgIpc) is 3.08. The Bertz CT molecular complexity index is 667. The van der Waals surface area contributed by atoms with E-state index in [0.29, 0.717) is 23.1 Å². The normalized spacial score (nSPS) is 12.9. The molecule has 6 nitrogen and oxygen atoms in total. The number of nitrogens with one attached hydrogen (secondary N) is 2. The molecule has 0 fully saturated rings. The second-order valence-corrected chi connectivity index (χ2v) is 5.25. The molecule has 0 bridgehead atoms. The van der Waals surface area contributed by atoms with Crippen LogP contribution in [0.2, 0.25) is 0 Å². The van der Waals surface area contributed by atoms with Crippen LogP contribution in [0.4, 0.5) is 13.2 Å². The number of carbonyl (C=O) groups is 2. The third kappa shape index (κ3) is 3.85. The smallest absolute Gasteiger partial charge is 0.417 e. The number of carbonyl (C=O) groups excluding carboxylic acids is 1. The van der Waals surface area contributed by atoms with Crippen LogP contribution in [0.1, 0.15) is 20.9 Å². The van der Waals surface area contributed by atoms with Crippen LogP contribution >= 0.6 is 11.3 Å². The first-order valence-electron chi connectivity index (χ1n) is 5.94. The summed E-state index contributed by atoms with van der Waals surface area (Å²) in [5.74, 6) is -2.16. The van der Waals surface area contributed by atoms with Crippen molar-refractivity contribution in [2.24, 2.45) is 0 Å². The highest BCUT2D eigenvalue weighted by atomic mass is 32.1. The molecule has 0 saturated carbocycles. The number of nitrogens with zero attached hydrogens (tertiary/aromatic N) is 1. The molecule has 0 spiro atoms. The van der Waals surface area contributed by atoms with Crippen molar-refractivity contribution in [2.75, 3.05) is 0 Å². The monoisotopic (exact) mass is 333 g/mol. The minimum absolute atomic E-state index is 0.0570. The Labute approximate surface area is 126 Å². The van der Waals surface area contributed by atoms with Crippen LogP contribution in [0.3, 0.4) is 0 Å². The second-order valence-electron chi connectivity index (χ2n) is 4.34. The van der Waals surface area contributed by atoms with Gasteiger partial charge in [-0.25, -0.2) is 9.78 Å². The molecule has 118 valence electrons. The molecule has 0 saturated heterocycles. The Balaban J connectivity index is 2.08. The van der Waals surface area contributed by atoms with Gasteiger partial charge < -0.3 is 15.4 Å². The fraction of sp³-hybridized carbons (Fsp3) is 0.250. The number of thiophene rings is 1. The molecule has 3 N–H and O–H groups in total. The number of aromatic amines is 1. The first kappa shape index (κ1) is 16.0. The van der Waals surface area contributed by atoms with E-state index < -0.39 is 29.7 Å². The van der Waals surface area contributed by atoms with E-state index in [2.05, 4.69) is 15.3 Å². The molecule has 0 unspecified atom stereocenters. The van der Waals surface area contributed by atoms with Crippen LogP contribution < -0.4 is 5.32 Å². The molecule has 1 atom stereocenters. The van der Waals surface area contributed by atoms with E-state index in [1.54, 1.807) is 0 Å². The Morgan fingerprint density at radius 1 is 1.45 bits per heavy atom. The van der Waals surface area contributed by atoms with Gasteiger partial charge in [-0.05, 0) is 6.07 Å². The van der Waals surface area contributed by atoms with Crippen molar-refractivity contribution in [3.05, 3.63) is 40.1 Å². The van der Waals surface area contributed by atoms with Gasteiger partial charge in [0.25, 0.3) is 5.91 Å². The fourth-order valence-corrected chi connectivity index (χ4v) is 2.47. The van der Waals surface area contributed by atoms with Gasteiger partial charge in [-0.3, -0.25) is 4.79 Å². The van der Waals surface area contributed by atoms with Crippen LogP contribution in [-0.2, 0) is 17.4 Å². The Morgan fingerprint density at radius 3 is 2.68 bits per heavy atom. The lowest BCUT2D eigenvalue weighted by atomic mass is 10.1. The number of carboxylic acid groups (broad SMARTS) is 1. The molecule has 1 amide bonds. The van der Waals surface area contributed by atoms with Crippen LogP contribution in [0.5, 0.6) is 0 Å². The summed E-state index contributed by atoms with van der Waals surface area (Å²) in [5.41, 5.74) is -0.460. The molecular weight excluding hydrogens is 323 g/mol. The van der Waals surface area contributed by atoms with E-state index in [9.17, 15) is 22.8 Å². The fourth-order valence-electron chi connectivity index (χ4n) is 1.65. The maximum atomic E-state index is 12.5. The van der Waals surface area contributed by atoms with E-state index in [1.807, 2.05) is 0 Å². The zero-order chi connectivity index (χ0) is 16.3. The summed E-state index contributed by atoms with van der Waals surface area (Å²) in [4.78, 5) is 29.2. The maximum absolute atomic E-state index is 12.5. The molecule has 2 aromatic heterocycles. The number of amides is 1. The summed E-state index contributed by atoms with van der Waals surface area (Å²) in [5, 5.41) is 12.1. The van der Waals surface area contributed by atoms with Gasteiger partial charge in [0, 0.05) is 23.7 Å². The molecule has 2 rings (SSSR count). The quantitative estimate of drug-likeness (QED) is 0.779. The van der Waals surface area contributed by atoms with E-state index >= 15 is 0 Å². The number of hydrogen-bond donors (Lipinski definition) is 3. The lowest BCUT2D eigenvalue weighted by Gasteiger charge is -2.12. The van der Waals surface area contributed by atoms with Crippen LogP contribution in [-0.4, -0.2) is 33.0 Å². The lowest BCUT2D eigenvalue weighted by Crippen LogP contribution is -2.42. The largest absolute Gasteiger partial charge is 0.480 e. The Morgan fingerprint density at radius 2 is 2.18 bits per heavy atom. The van der Waals surface area contributed by atoms with Gasteiger partial charge in [-0.1, -0.05) is 0 Å².